The summed E-state index contributed by atoms with van der Waals surface area (Å²) in [7, 11) is 3.43. The van der Waals surface area contributed by atoms with Gasteiger partial charge < -0.3 is 9.47 Å². The summed E-state index contributed by atoms with van der Waals surface area (Å²) in [5.74, 6) is 2.61. The zero-order chi connectivity index (χ0) is 16.9. The second kappa shape index (κ2) is 8.21. The van der Waals surface area contributed by atoms with Gasteiger partial charge in [-0.3, -0.25) is 9.80 Å². The maximum absolute atomic E-state index is 5.57. The summed E-state index contributed by atoms with van der Waals surface area (Å²) in [6, 6.07) is 6.99. The number of piperazine rings is 1. The normalized spacial score (nSPS) is 26.3. The number of hydrogen-bond acceptors (Lipinski definition) is 4. The van der Waals surface area contributed by atoms with Crippen LogP contribution in [0.4, 0.5) is 0 Å². The van der Waals surface area contributed by atoms with Crippen LogP contribution in [0.25, 0.3) is 0 Å². The van der Waals surface area contributed by atoms with E-state index in [1.165, 1.54) is 44.3 Å². The Morgan fingerprint density at radius 3 is 2.50 bits per heavy atom. The maximum atomic E-state index is 5.57. The van der Waals surface area contributed by atoms with Gasteiger partial charge in [-0.25, -0.2) is 0 Å². The van der Waals surface area contributed by atoms with Crippen LogP contribution >= 0.6 is 0 Å². The lowest BCUT2D eigenvalue weighted by Crippen LogP contribution is -2.50. The second-order valence-corrected chi connectivity index (χ2v) is 7.39. The largest absolute Gasteiger partial charge is 0.493 e. The first-order valence-electron chi connectivity index (χ1n) is 9.37. The van der Waals surface area contributed by atoms with Gasteiger partial charge in [0, 0.05) is 44.3 Å². The molecule has 2 aliphatic rings. The van der Waals surface area contributed by atoms with E-state index in [0.717, 1.165) is 43.1 Å². The summed E-state index contributed by atoms with van der Waals surface area (Å²) in [6.07, 6.45) is 5.62. The third-order valence-corrected chi connectivity index (χ3v) is 5.71. The van der Waals surface area contributed by atoms with Gasteiger partial charge in [-0.2, -0.15) is 0 Å². The van der Waals surface area contributed by atoms with Crippen LogP contribution in [0.5, 0.6) is 11.5 Å². The number of rotatable bonds is 5. The Hall–Kier alpha value is -1.26. The molecule has 0 amide bonds. The fourth-order valence-corrected chi connectivity index (χ4v) is 4.34. The molecule has 24 heavy (non-hydrogen) atoms. The van der Waals surface area contributed by atoms with Crippen LogP contribution < -0.4 is 9.47 Å². The van der Waals surface area contributed by atoms with E-state index >= 15 is 0 Å². The van der Waals surface area contributed by atoms with E-state index in [2.05, 4.69) is 28.9 Å². The number of benzene rings is 1. The molecule has 0 N–H and O–H groups in total. The first-order chi connectivity index (χ1) is 11.7. The molecule has 4 heteroatoms. The van der Waals surface area contributed by atoms with Crippen molar-refractivity contribution in [3.8, 4) is 11.5 Å². The minimum Gasteiger partial charge on any atom is -0.493 e. The molecule has 0 aromatic heterocycles. The summed E-state index contributed by atoms with van der Waals surface area (Å²) in [5.41, 5.74) is 1.22. The third-order valence-electron chi connectivity index (χ3n) is 5.71. The van der Waals surface area contributed by atoms with E-state index in [4.69, 9.17) is 9.47 Å². The van der Waals surface area contributed by atoms with E-state index in [9.17, 15) is 0 Å². The Kier molecular flexibility index (Phi) is 6.01. The lowest BCUT2D eigenvalue weighted by atomic mass is 9.86. The standard InChI is InChI=1S/C20H32N2O2/c1-16-6-4-8-18(14-16)22-12-10-21(11-13-22)15-17-7-5-9-19(23-2)20(17)24-3/h5,7,9,16,18H,4,6,8,10-15H2,1-3H3/t16-,18+/m0/s1. The number of ether oxygens (including phenoxy) is 2. The summed E-state index contributed by atoms with van der Waals surface area (Å²) in [5, 5.41) is 0. The van der Waals surface area contributed by atoms with Gasteiger partial charge in [-0.1, -0.05) is 31.9 Å². The van der Waals surface area contributed by atoms with Crippen LogP contribution in [0.2, 0.25) is 0 Å². The average Bonchev–Trinajstić information content (AvgIpc) is 2.62. The zero-order valence-corrected chi connectivity index (χ0v) is 15.5. The highest BCUT2D eigenvalue weighted by Crippen LogP contribution is 2.32. The smallest absolute Gasteiger partial charge is 0.165 e. The van der Waals surface area contributed by atoms with Crippen LogP contribution in [0, 0.1) is 5.92 Å². The van der Waals surface area contributed by atoms with Crippen LogP contribution in [-0.2, 0) is 6.54 Å². The van der Waals surface area contributed by atoms with Crippen molar-refractivity contribution in [2.24, 2.45) is 5.92 Å². The molecule has 4 nitrogen and oxygen atoms in total. The number of para-hydroxylation sites is 1. The number of hydrogen-bond donors (Lipinski definition) is 0. The Morgan fingerprint density at radius 2 is 1.83 bits per heavy atom. The molecular formula is C20H32N2O2. The molecule has 1 aliphatic heterocycles. The predicted octanol–water partition coefficient (Wildman–Crippen LogP) is 3.40. The Bertz CT molecular complexity index is 526. The SMILES string of the molecule is COc1cccc(CN2CCN([C@@H]3CCC[C@H](C)C3)CC2)c1OC. The van der Waals surface area contributed by atoms with E-state index in [-0.39, 0.29) is 0 Å². The fraction of sp³-hybridized carbons (Fsp3) is 0.700. The molecule has 1 heterocycles. The fourth-order valence-electron chi connectivity index (χ4n) is 4.34. The van der Waals surface area contributed by atoms with Crippen molar-refractivity contribution in [3.05, 3.63) is 23.8 Å². The van der Waals surface area contributed by atoms with Crippen molar-refractivity contribution in [1.82, 2.24) is 9.80 Å². The van der Waals surface area contributed by atoms with Gasteiger partial charge >= 0.3 is 0 Å². The van der Waals surface area contributed by atoms with Crippen molar-refractivity contribution in [2.75, 3.05) is 40.4 Å². The summed E-state index contributed by atoms with van der Waals surface area (Å²) in [4.78, 5) is 5.27. The van der Waals surface area contributed by atoms with Crippen molar-refractivity contribution < 1.29 is 9.47 Å². The van der Waals surface area contributed by atoms with Gasteiger partial charge in [0.25, 0.3) is 0 Å². The first kappa shape index (κ1) is 17.6. The highest BCUT2D eigenvalue weighted by molar-refractivity contribution is 5.46. The first-order valence-corrected chi connectivity index (χ1v) is 9.37. The van der Waals surface area contributed by atoms with Crippen LogP contribution in [0.1, 0.15) is 38.2 Å². The molecule has 1 aromatic carbocycles. The van der Waals surface area contributed by atoms with Crippen molar-refractivity contribution >= 4 is 0 Å². The minimum absolute atomic E-state index is 0.822. The van der Waals surface area contributed by atoms with Crippen LogP contribution in [-0.4, -0.2) is 56.2 Å². The van der Waals surface area contributed by atoms with Gasteiger partial charge in [0.1, 0.15) is 0 Å². The molecule has 1 saturated heterocycles. The van der Waals surface area contributed by atoms with Crippen molar-refractivity contribution in [1.29, 1.82) is 0 Å². The summed E-state index contributed by atoms with van der Waals surface area (Å²) < 4.78 is 11.0. The predicted molar refractivity (Wildman–Crippen MR) is 97.8 cm³/mol. The highest BCUT2D eigenvalue weighted by Gasteiger charge is 2.27. The van der Waals surface area contributed by atoms with Crippen molar-refractivity contribution in [2.45, 2.75) is 45.2 Å². The molecule has 0 bridgehead atoms. The molecule has 0 radical (unpaired) electrons. The molecule has 2 atom stereocenters. The van der Waals surface area contributed by atoms with E-state index in [0.29, 0.717) is 0 Å². The van der Waals surface area contributed by atoms with E-state index in [1.54, 1.807) is 14.2 Å². The van der Waals surface area contributed by atoms with Crippen molar-refractivity contribution in [3.63, 3.8) is 0 Å². The van der Waals surface area contributed by atoms with E-state index in [1.807, 2.05) is 6.07 Å². The Labute approximate surface area is 146 Å². The summed E-state index contributed by atoms with van der Waals surface area (Å²) in [6.45, 7) is 8.04. The minimum atomic E-state index is 0.822. The Balaban J connectivity index is 1.56. The maximum Gasteiger partial charge on any atom is 0.165 e. The molecule has 0 spiro atoms. The lowest BCUT2D eigenvalue weighted by molar-refractivity contribution is 0.0655. The van der Waals surface area contributed by atoms with Gasteiger partial charge in [-0.15, -0.1) is 0 Å². The highest BCUT2D eigenvalue weighted by atomic mass is 16.5. The Morgan fingerprint density at radius 1 is 1.04 bits per heavy atom. The summed E-state index contributed by atoms with van der Waals surface area (Å²) >= 11 is 0. The molecular weight excluding hydrogens is 300 g/mol. The molecule has 2 fully saturated rings. The molecule has 1 aliphatic carbocycles. The third kappa shape index (κ3) is 4.04. The average molecular weight is 332 g/mol. The molecule has 1 saturated carbocycles. The van der Waals surface area contributed by atoms with Gasteiger partial charge in [-0.05, 0) is 24.8 Å². The molecule has 3 rings (SSSR count). The van der Waals surface area contributed by atoms with Gasteiger partial charge in [0.15, 0.2) is 11.5 Å². The molecule has 1 aromatic rings. The van der Waals surface area contributed by atoms with Crippen LogP contribution in [0.3, 0.4) is 0 Å². The molecule has 134 valence electrons. The number of nitrogens with zero attached hydrogens (tertiary/aromatic N) is 2. The van der Waals surface area contributed by atoms with Crippen LogP contribution in [0.15, 0.2) is 18.2 Å². The monoisotopic (exact) mass is 332 g/mol. The van der Waals surface area contributed by atoms with Gasteiger partial charge in [0.2, 0.25) is 0 Å². The lowest BCUT2D eigenvalue weighted by Gasteiger charge is -2.42. The topological polar surface area (TPSA) is 24.9 Å². The quantitative estimate of drug-likeness (QED) is 0.825. The zero-order valence-electron chi connectivity index (χ0n) is 15.5. The number of methoxy groups -OCH3 is 2. The second-order valence-electron chi connectivity index (χ2n) is 7.39. The molecule has 0 unspecified atom stereocenters. The van der Waals surface area contributed by atoms with Gasteiger partial charge in [0.05, 0.1) is 14.2 Å². The van der Waals surface area contributed by atoms with E-state index < -0.39 is 0 Å².